The van der Waals surface area contributed by atoms with Gasteiger partial charge in [-0.3, -0.25) is 9.59 Å². The third kappa shape index (κ3) is 4.90. The summed E-state index contributed by atoms with van der Waals surface area (Å²) in [6, 6.07) is 6.43. The van der Waals surface area contributed by atoms with E-state index in [0.29, 0.717) is 0 Å². The number of nitrogens with one attached hydrogen (secondary N) is 1. The van der Waals surface area contributed by atoms with E-state index in [2.05, 4.69) is 5.32 Å². The van der Waals surface area contributed by atoms with Crippen LogP contribution in [0.15, 0.2) is 24.3 Å². The minimum atomic E-state index is -1.20. The van der Waals surface area contributed by atoms with E-state index in [1.165, 1.54) is 31.2 Å². The molecule has 7 nitrogen and oxygen atoms in total. The van der Waals surface area contributed by atoms with Crippen molar-refractivity contribution in [1.29, 1.82) is 5.26 Å². The van der Waals surface area contributed by atoms with Crippen LogP contribution in [0.4, 0.5) is 0 Å². The topological polar surface area (TPSA) is 116 Å². The fraction of sp³-hybridized carbons (Fsp3) is 0.333. The second-order valence-electron chi connectivity index (χ2n) is 4.75. The van der Waals surface area contributed by atoms with Gasteiger partial charge in [-0.05, 0) is 24.3 Å². The zero-order chi connectivity index (χ0) is 16.7. The summed E-state index contributed by atoms with van der Waals surface area (Å²) in [5.41, 5.74) is 0.228. The molecule has 0 bridgehead atoms. The van der Waals surface area contributed by atoms with E-state index in [9.17, 15) is 14.4 Å². The van der Waals surface area contributed by atoms with Crippen LogP contribution >= 0.6 is 0 Å². The Morgan fingerprint density at radius 3 is 2.36 bits per heavy atom. The summed E-state index contributed by atoms with van der Waals surface area (Å²) >= 11 is 0. The molecule has 0 spiro atoms. The van der Waals surface area contributed by atoms with E-state index in [-0.39, 0.29) is 17.7 Å². The number of carboxylic acid groups (broad SMARTS) is 1. The molecule has 1 rings (SSSR count). The van der Waals surface area contributed by atoms with Gasteiger partial charge in [0.05, 0.1) is 6.07 Å². The van der Waals surface area contributed by atoms with Gasteiger partial charge in [-0.1, -0.05) is 6.92 Å². The van der Waals surface area contributed by atoms with Crippen LogP contribution in [0.2, 0.25) is 0 Å². The molecule has 116 valence electrons. The van der Waals surface area contributed by atoms with Crippen LogP contribution in [-0.4, -0.2) is 29.0 Å². The van der Waals surface area contributed by atoms with Crippen LogP contribution in [-0.2, 0) is 9.59 Å². The maximum absolute atomic E-state index is 12.0. The van der Waals surface area contributed by atoms with Crippen molar-refractivity contribution in [3.63, 3.8) is 0 Å². The number of rotatable bonds is 6. The SMILES string of the molecule is CC(=O)Oc1ccc(C(=O)N[C@H](C(=O)O)[C@@H](C)CC#N)cc1. The molecule has 2 atom stereocenters. The summed E-state index contributed by atoms with van der Waals surface area (Å²) in [7, 11) is 0. The summed E-state index contributed by atoms with van der Waals surface area (Å²) in [4.78, 5) is 34.0. The minimum absolute atomic E-state index is 0.0165. The first kappa shape index (κ1) is 17.2. The highest BCUT2D eigenvalue weighted by Crippen LogP contribution is 2.14. The Bertz CT molecular complexity index is 603. The van der Waals surface area contributed by atoms with E-state index in [1.54, 1.807) is 6.92 Å². The highest BCUT2D eigenvalue weighted by molar-refractivity contribution is 5.96. The molecule has 0 unspecified atom stereocenters. The molecule has 0 aliphatic rings. The Morgan fingerprint density at radius 1 is 1.32 bits per heavy atom. The lowest BCUT2D eigenvalue weighted by Gasteiger charge is -2.19. The molecule has 1 amide bonds. The predicted octanol–water partition coefficient (Wildman–Crippen LogP) is 1.34. The number of nitriles is 1. The molecule has 0 aromatic heterocycles. The van der Waals surface area contributed by atoms with Crippen LogP contribution in [0.3, 0.4) is 0 Å². The van der Waals surface area contributed by atoms with Crippen LogP contribution in [0.25, 0.3) is 0 Å². The molecule has 1 aromatic rings. The molecule has 2 N–H and O–H groups in total. The zero-order valence-corrected chi connectivity index (χ0v) is 12.2. The Labute approximate surface area is 127 Å². The lowest BCUT2D eigenvalue weighted by molar-refractivity contribution is -0.140. The molecule has 0 fully saturated rings. The van der Waals surface area contributed by atoms with Gasteiger partial charge in [-0.25, -0.2) is 4.79 Å². The standard InChI is InChI=1S/C15H16N2O5/c1-9(7-8-16)13(15(20)21)17-14(19)11-3-5-12(6-4-11)22-10(2)18/h3-6,9,13H,7H2,1-2H3,(H,17,19)(H,20,21)/t9-,13-/m0/s1. The number of hydrogen-bond donors (Lipinski definition) is 2. The molecule has 0 radical (unpaired) electrons. The largest absolute Gasteiger partial charge is 0.480 e. The summed E-state index contributed by atoms with van der Waals surface area (Å²) in [6.45, 7) is 2.83. The normalized spacial score (nSPS) is 12.6. The van der Waals surface area contributed by atoms with Crippen molar-refractivity contribution in [2.24, 2.45) is 5.92 Å². The first-order chi connectivity index (χ1) is 10.3. The molecule has 0 aliphatic heterocycles. The molecule has 7 heteroatoms. The average Bonchev–Trinajstić information content (AvgIpc) is 2.44. The van der Waals surface area contributed by atoms with E-state index in [4.69, 9.17) is 15.1 Å². The minimum Gasteiger partial charge on any atom is -0.480 e. The van der Waals surface area contributed by atoms with Crippen molar-refractivity contribution < 1.29 is 24.2 Å². The Morgan fingerprint density at radius 2 is 1.91 bits per heavy atom. The second kappa shape index (κ2) is 7.78. The lowest BCUT2D eigenvalue weighted by Crippen LogP contribution is -2.45. The highest BCUT2D eigenvalue weighted by Gasteiger charge is 2.26. The molecule has 1 aromatic carbocycles. The number of carbonyl (C=O) groups is 3. The van der Waals surface area contributed by atoms with Crippen molar-refractivity contribution in [1.82, 2.24) is 5.32 Å². The summed E-state index contributed by atoms with van der Waals surface area (Å²) in [6.07, 6.45) is 0.0165. The van der Waals surface area contributed by atoms with Crippen molar-refractivity contribution in [3.05, 3.63) is 29.8 Å². The van der Waals surface area contributed by atoms with E-state index in [1.807, 2.05) is 6.07 Å². The fourth-order valence-corrected chi connectivity index (χ4v) is 1.77. The average molecular weight is 304 g/mol. The zero-order valence-electron chi connectivity index (χ0n) is 12.2. The van der Waals surface area contributed by atoms with Gasteiger partial charge >= 0.3 is 11.9 Å². The molecule has 0 heterocycles. The monoisotopic (exact) mass is 304 g/mol. The Kier molecular flexibility index (Phi) is 6.08. The van der Waals surface area contributed by atoms with Crippen LogP contribution in [0.1, 0.15) is 30.6 Å². The summed E-state index contributed by atoms with van der Waals surface area (Å²) < 4.78 is 4.84. The number of hydrogen-bond acceptors (Lipinski definition) is 5. The quantitative estimate of drug-likeness (QED) is 0.605. The maximum Gasteiger partial charge on any atom is 0.326 e. The molecular weight excluding hydrogens is 288 g/mol. The number of aliphatic carboxylic acids is 1. The van der Waals surface area contributed by atoms with Crippen LogP contribution in [0.5, 0.6) is 5.75 Å². The molecular formula is C15H16N2O5. The maximum atomic E-state index is 12.0. The van der Waals surface area contributed by atoms with Crippen LogP contribution < -0.4 is 10.1 Å². The number of nitrogens with zero attached hydrogens (tertiary/aromatic N) is 1. The van der Waals surface area contributed by atoms with Gasteiger partial charge in [0.2, 0.25) is 0 Å². The number of ether oxygens (including phenoxy) is 1. The number of carbonyl (C=O) groups excluding carboxylic acids is 2. The molecule has 22 heavy (non-hydrogen) atoms. The van der Waals surface area contributed by atoms with Gasteiger partial charge in [0, 0.05) is 24.8 Å². The smallest absolute Gasteiger partial charge is 0.326 e. The van der Waals surface area contributed by atoms with Gasteiger partial charge in [0.1, 0.15) is 11.8 Å². The molecule has 0 saturated heterocycles. The van der Waals surface area contributed by atoms with E-state index >= 15 is 0 Å². The second-order valence-corrected chi connectivity index (χ2v) is 4.75. The van der Waals surface area contributed by atoms with Gasteiger partial charge in [-0.15, -0.1) is 0 Å². The first-order valence-corrected chi connectivity index (χ1v) is 6.54. The van der Waals surface area contributed by atoms with Crippen LogP contribution in [0, 0.1) is 17.2 Å². The van der Waals surface area contributed by atoms with E-state index < -0.39 is 29.8 Å². The first-order valence-electron chi connectivity index (χ1n) is 6.54. The summed E-state index contributed by atoms with van der Waals surface area (Å²) in [5.74, 6) is -2.49. The van der Waals surface area contributed by atoms with Crippen molar-refractivity contribution >= 4 is 17.8 Å². The van der Waals surface area contributed by atoms with Gasteiger partial charge in [0.15, 0.2) is 0 Å². The number of amides is 1. The Hall–Kier alpha value is -2.88. The lowest BCUT2D eigenvalue weighted by atomic mass is 9.98. The Balaban J connectivity index is 2.80. The van der Waals surface area contributed by atoms with Gasteiger partial charge in [-0.2, -0.15) is 5.26 Å². The summed E-state index contributed by atoms with van der Waals surface area (Å²) in [5, 5.41) is 20.1. The molecule has 0 saturated carbocycles. The van der Waals surface area contributed by atoms with Gasteiger partial charge < -0.3 is 15.2 Å². The van der Waals surface area contributed by atoms with E-state index in [0.717, 1.165) is 0 Å². The number of esters is 1. The highest BCUT2D eigenvalue weighted by atomic mass is 16.5. The van der Waals surface area contributed by atoms with Crippen molar-refractivity contribution in [3.8, 4) is 11.8 Å². The third-order valence-corrected chi connectivity index (χ3v) is 2.91. The number of benzene rings is 1. The third-order valence-electron chi connectivity index (χ3n) is 2.91. The van der Waals surface area contributed by atoms with Crippen molar-refractivity contribution in [2.75, 3.05) is 0 Å². The molecule has 0 aliphatic carbocycles. The van der Waals surface area contributed by atoms with Gasteiger partial charge in [0.25, 0.3) is 5.91 Å². The van der Waals surface area contributed by atoms with Crippen molar-refractivity contribution in [2.45, 2.75) is 26.3 Å². The predicted molar refractivity (Wildman–Crippen MR) is 76.0 cm³/mol. The number of carboxylic acids is 1. The fourth-order valence-electron chi connectivity index (χ4n) is 1.77.